The molecule has 0 aliphatic heterocycles. The average Bonchev–Trinajstić information content (AvgIpc) is 2.45. The monoisotopic (exact) mass is 266 g/mol. The molecule has 0 aromatic heterocycles. The van der Waals surface area contributed by atoms with E-state index in [0.717, 1.165) is 0 Å². The fraction of sp³-hybridized carbons (Fsp3) is 0.429. The summed E-state index contributed by atoms with van der Waals surface area (Å²) in [6.45, 7) is 4.23. The Balaban J connectivity index is 3.06. The fourth-order valence-electron chi connectivity index (χ4n) is 1.62. The van der Waals surface area contributed by atoms with Crippen LogP contribution < -0.4 is 0 Å². The molecule has 5 nitrogen and oxygen atoms in total. The number of rotatable bonds is 7. The van der Waals surface area contributed by atoms with Crippen molar-refractivity contribution < 1.29 is 23.8 Å². The van der Waals surface area contributed by atoms with Gasteiger partial charge in [0.1, 0.15) is 0 Å². The summed E-state index contributed by atoms with van der Waals surface area (Å²) in [5, 5.41) is 0. The van der Waals surface area contributed by atoms with Crippen molar-refractivity contribution in [3.05, 3.63) is 35.4 Å². The van der Waals surface area contributed by atoms with E-state index in [9.17, 15) is 9.59 Å². The molecule has 0 saturated heterocycles. The van der Waals surface area contributed by atoms with E-state index in [0.29, 0.717) is 13.2 Å². The maximum Gasteiger partial charge on any atom is 0.338 e. The zero-order valence-corrected chi connectivity index (χ0v) is 11.3. The molecule has 1 rings (SSSR count). The number of ether oxygens (including phenoxy) is 3. The molecular formula is C14H18O5. The Morgan fingerprint density at radius 2 is 1.58 bits per heavy atom. The van der Waals surface area contributed by atoms with E-state index in [-0.39, 0.29) is 16.9 Å². The van der Waals surface area contributed by atoms with Crippen molar-refractivity contribution in [2.24, 2.45) is 0 Å². The molecule has 0 saturated carbocycles. The molecule has 1 aromatic rings. The van der Waals surface area contributed by atoms with Crippen LogP contribution >= 0.6 is 0 Å². The zero-order chi connectivity index (χ0) is 14.3. The predicted octanol–water partition coefficient (Wildman–Crippen LogP) is 2.05. The molecule has 0 amide bonds. The van der Waals surface area contributed by atoms with Gasteiger partial charge in [-0.2, -0.15) is 0 Å². The summed E-state index contributed by atoms with van der Waals surface area (Å²) in [6, 6.07) is 6.43. The Morgan fingerprint density at radius 3 is 2.05 bits per heavy atom. The molecule has 5 heteroatoms. The van der Waals surface area contributed by atoms with E-state index in [1.165, 1.54) is 13.2 Å². The first-order valence-electron chi connectivity index (χ1n) is 6.10. The van der Waals surface area contributed by atoms with E-state index in [2.05, 4.69) is 4.74 Å². The van der Waals surface area contributed by atoms with Crippen LogP contribution in [0.5, 0.6) is 0 Å². The minimum Gasteiger partial charge on any atom is -0.465 e. The molecule has 104 valence electrons. The molecular weight excluding hydrogens is 248 g/mol. The molecule has 1 aromatic carbocycles. The molecule has 0 heterocycles. The van der Waals surface area contributed by atoms with Crippen LogP contribution in [0, 0.1) is 0 Å². The van der Waals surface area contributed by atoms with Gasteiger partial charge in [-0.1, -0.05) is 18.2 Å². The summed E-state index contributed by atoms with van der Waals surface area (Å²) in [5.74, 6) is -0.944. The second-order valence-corrected chi connectivity index (χ2v) is 3.64. The van der Waals surface area contributed by atoms with Gasteiger partial charge in [0.05, 0.1) is 12.7 Å². The number of ketones is 1. The topological polar surface area (TPSA) is 61.8 Å². The molecule has 0 fully saturated rings. The summed E-state index contributed by atoms with van der Waals surface area (Å²) in [7, 11) is 1.27. The van der Waals surface area contributed by atoms with Crippen molar-refractivity contribution in [2.45, 2.75) is 20.1 Å². The quantitative estimate of drug-likeness (QED) is 0.429. The number of Topliss-reactive ketones (excluding diaryl/α,β-unsaturated/α-hetero) is 1. The van der Waals surface area contributed by atoms with Gasteiger partial charge in [-0.05, 0) is 19.9 Å². The number of benzene rings is 1. The van der Waals surface area contributed by atoms with Crippen molar-refractivity contribution in [1.82, 2.24) is 0 Å². The molecule has 0 aliphatic rings. The molecule has 0 spiro atoms. The number of methoxy groups -OCH3 is 1. The zero-order valence-electron chi connectivity index (χ0n) is 11.3. The third-order valence-electron chi connectivity index (χ3n) is 2.45. The van der Waals surface area contributed by atoms with Gasteiger partial charge < -0.3 is 14.2 Å². The highest BCUT2D eigenvalue weighted by Gasteiger charge is 2.25. The third-order valence-corrected chi connectivity index (χ3v) is 2.45. The number of carbonyl (C=O) groups is 2. The van der Waals surface area contributed by atoms with Crippen molar-refractivity contribution in [2.75, 3.05) is 20.3 Å². The SMILES string of the molecule is CCOC(OCC)C(=O)c1ccccc1C(=O)OC. The maximum absolute atomic E-state index is 12.3. The highest BCUT2D eigenvalue weighted by Crippen LogP contribution is 2.14. The number of hydrogen-bond donors (Lipinski definition) is 0. The van der Waals surface area contributed by atoms with Gasteiger partial charge in [0.2, 0.25) is 12.1 Å². The van der Waals surface area contributed by atoms with Gasteiger partial charge in [-0.3, -0.25) is 4.79 Å². The van der Waals surface area contributed by atoms with Crippen molar-refractivity contribution in [3.63, 3.8) is 0 Å². The summed E-state index contributed by atoms with van der Waals surface area (Å²) >= 11 is 0. The van der Waals surface area contributed by atoms with E-state index >= 15 is 0 Å². The normalized spacial score (nSPS) is 10.5. The highest BCUT2D eigenvalue weighted by molar-refractivity contribution is 6.07. The van der Waals surface area contributed by atoms with Crippen LogP contribution in [0.4, 0.5) is 0 Å². The molecule has 0 bridgehead atoms. The van der Waals surface area contributed by atoms with Crippen LogP contribution in [0.25, 0.3) is 0 Å². The summed E-state index contributed by atoms with van der Waals surface area (Å²) in [6.07, 6.45) is -0.999. The lowest BCUT2D eigenvalue weighted by Gasteiger charge is -2.16. The van der Waals surface area contributed by atoms with Gasteiger partial charge in [0.15, 0.2) is 0 Å². The summed E-state index contributed by atoms with van der Waals surface area (Å²) in [5.41, 5.74) is 0.445. The largest absolute Gasteiger partial charge is 0.465 e. The Hall–Kier alpha value is -1.72. The number of hydrogen-bond acceptors (Lipinski definition) is 5. The molecule has 0 aliphatic carbocycles. The van der Waals surface area contributed by atoms with Crippen LogP contribution in [-0.2, 0) is 14.2 Å². The Morgan fingerprint density at radius 1 is 1.05 bits per heavy atom. The Bertz CT molecular complexity index is 435. The second-order valence-electron chi connectivity index (χ2n) is 3.64. The maximum atomic E-state index is 12.3. The Kier molecular flexibility index (Phi) is 6.18. The molecule has 0 atom stereocenters. The van der Waals surface area contributed by atoms with Crippen LogP contribution in [0.2, 0.25) is 0 Å². The molecule has 0 unspecified atom stereocenters. The summed E-state index contributed by atoms with van der Waals surface area (Å²) in [4.78, 5) is 23.9. The van der Waals surface area contributed by atoms with E-state index in [4.69, 9.17) is 9.47 Å². The van der Waals surface area contributed by atoms with Gasteiger partial charge >= 0.3 is 5.97 Å². The fourth-order valence-corrected chi connectivity index (χ4v) is 1.62. The van der Waals surface area contributed by atoms with E-state index in [1.807, 2.05) is 0 Å². The lowest BCUT2D eigenvalue weighted by molar-refractivity contribution is -0.107. The highest BCUT2D eigenvalue weighted by atomic mass is 16.7. The standard InChI is InChI=1S/C14H18O5/c1-4-18-14(19-5-2)12(15)10-8-6-7-9-11(10)13(16)17-3/h6-9,14H,4-5H2,1-3H3. The van der Waals surface area contributed by atoms with Crippen LogP contribution in [0.15, 0.2) is 24.3 Å². The van der Waals surface area contributed by atoms with Crippen LogP contribution in [-0.4, -0.2) is 38.4 Å². The average molecular weight is 266 g/mol. The van der Waals surface area contributed by atoms with E-state index in [1.54, 1.807) is 32.0 Å². The van der Waals surface area contributed by atoms with Crippen molar-refractivity contribution in [1.29, 1.82) is 0 Å². The van der Waals surface area contributed by atoms with E-state index < -0.39 is 12.3 Å². The number of esters is 1. The predicted molar refractivity (Wildman–Crippen MR) is 69.2 cm³/mol. The molecule has 0 N–H and O–H groups in total. The van der Waals surface area contributed by atoms with Gasteiger partial charge in [-0.25, -0.2) is 4.79 Å². The minimum absolute atomic E-state index is 0.208. The first-order chi connectivity index (χ1) is 9.15. The van der Waals surface area contributed by atoms with Crippen LogP contribution in [0.1, 0.15) is 34.6 Å². The first kappa shape index (κ1) is 15.3. The second kappa shape index (κ2) is 7.66. The number of carbonyl (C=O) groups excluding carboxylic acids is 2. The lowest BCUT2D eigenvalue weighted by atomic mass is 10.0. The van der Waals surface area contributed by atoms with Gasteiger partial charge in [-0.15, -0.1) is 0 Å². The lowest BCUT2D eigenvalue weighted by Crippen LogP contribution is -2.29. The van der Waals surface area contributed by atoms with Gasteiger partial charge in [0, 0.05) is 18.8 Å². The minimum atomic E-state index is -0.999. The first-order valence-corrected chi connectivity index (χ1v) is 6.10. The van der Waals surface area contributed by atoms with Crippen molar-refractivity contribution >= 4 is 11.8 Å². The smallest absolute Gasteiger partial charge is 0.338 e. The van der Waals surface area contributed by atoms with Crippen LogP contribution in [0.3, 0.4) is 0 Å². The van der Waals surface area contributed by atoms with Crippen molar-refractivity contribution in [3.8, 4) is 0 Å². The third kappa shape index (κ3) is 3.87. The van der Waals surface area contributed by atoms with Gasteiger partial charge in [0.25, 0.3) is 0 Å². The Labute approximate surface area is 112 Å². The molecule has 19 heavy (non-hydrogen) atoms. The molecule has 0 radical (unpaired) electrons. The summed E-state index contributed by atoms with van der Waals surface area (Å²) < 4.78 is 15.1.